The van der Waals surface area contributed by atoms with E-state index in [1.165, 1.54) is 12.1 Å². The molecule has 3 rings (SSSR count). The second-order valence-electron chi connectivity index (χ2n) is 8.18. The van der Waals surface area contributed by atoms with Crippen LogP contribution in [-0.4, -0.2) is 10.9 Å². The van der Waals surface area contributed by atoms with E-state index >= 15 is 0 Å². The Morgan fingerprint density at radius 1 is 1.07 bits per heavy atom. The second-order valence-corrected chi connectivity index (χ2v) is 8.18. The first-order valence-corrected chi connectivity index (χ1v) is 9.21. The van der Waals surface area contributed by atoms with E-state index in [0.717, 1.165) is 23.0 Å². The molecule has 0 aliphatic heterocycles. The molecule has 0 saturated carbocycles. The summed E-state index contributed by atoms with van der Waals surface area (Å²) in [4.78, 5) is 15.3. The van der Waals surface area contributed by atoms with Gasteiger partial charge in [0.1, 0.15) is 12.4 Å². The summed E-state index contributed by atoms with van der Waals surface area (Å²) in [6.45, 7) is 6.12. The predicted octanol–water partition coefficient (Wildman–Crippen LogP) is 6.14. The van der Waals surface area contributed by atoms with Crippen LogP contribution in [-0.2, 0) is 17.6 Å². The lowest BCUT2D eigenvalue weighted by Gasteiger charge is -2.17. The van der Waals surface area contributed by atoms with Crippen LogP contribution >= 0.6 is 0 Å². The van der Waals surface area contributed by atoms with Crippen LogP contribution < -0.4 is 10.1 Å². The summed E-state index contributed by atoms with van der Waals surface area (Å²) in [5.41, 5.74) is 1.33. The maximum Gasteiger partial charge on any atom is 0.416 e. The summed E-state index contributed by atoms with van der Waals surface area (Å²) in [6.07, 6.45) is -2.23. The Labute approximate surface area is 167 Å². The molecule has 29 heavy (non-hydrogen) atoms. The summed E-state index contributed by atoms with van der Waals surface area (Å²) < 4.78 is 43.7. The Morgan fingerprint density at radius 2 is 1.76 bits per heavy atom. The zero-order valence-corrected chi connectivity index (χ0v) is 16.5. The quantitative estimate of drug-likeness (QED) is 0.537. The van der Waals surface area contributed by atoms with Gasteiger partial charge in [0, 0.05) is 23.5 Å². The van der Waals surface area contributed by atoms with E-state index in [4.69, 9.17) is 4.74 Å². The van der Waals surface area contributed by atoms with Crippen molar-refractivity contribution >= 4 is 22.5 Å². The predicted molar refractivity (Wildman–Crippen MR) is 107 cm³/mol. The second kappa shape index (κ2) is 7.81. The lowest BCUT2D eigenvalue weighted by molar-refractivity contribution is -0.137. The number of carbonyl (C=O) groups is 1. The van der Waals surface area contributed by atoms with E-state index in [0.29, 0.717) is 23.4 Å². The van der Waals surface area contributed by atoms with Crippen LogP contribution in [0.1, 0.15) is 38.3 Å². The van der Waals surface area contributed by atoms with Crippen LogP contribution in [0.3, 0.4) is 0 Å². The van der Waals surface area contributed by atoms with Gasteiger partial charge in [-0.3, -0.25) is 4.79 Å². The number of alkyl halides is 3. The molecule has 154 valence electrons. The number of nitrogens with one attached hydrogen (secondary N) is 2. The van der Waals surface area contributed by atoms with E-state index in [1.807, 2.05) is 26.8 Å². The topological polar surface area (TPSA) is 54.1 Å². The summed E-state index contributed by atoms with van der Waals surface area (Å²) >= 11 is 0. The van der Waals surface area contributed by atoms with Crippen molar-refractivity contribution in [2.45, 2.75) is 40.0 Å². The maximum atomic E-state index is 12.6. The number of carbonyl (C=O) groups excluding carboxylic acids is 1. The number of halogens is 3. The average molecular weight is 404 g/mol. The Balaban J connectivity index is 1.70. The number of amides is 1. The van der Waals surface area contributed by atoms with E-state index in [1.54, 1.807) is 18.3 Å². The fourth-order valence-corrected chi connectivity index (χ4v) is 2.93. The zero-order valence-electron chi connectivity index (χ0n) is 16.5. The molecule has 0 aliphatic carbocycles. The van der Waals surface area contributed by atoms with Gasteiger partial charge in [0.15, 0.2) is 0 Å². The number of rotatable bonds is 5. The summed E-state index contributed by atoms with van der Waals surface area (Å²) in [5.74, 6) is 0.484. The number of hydrogen-bond donors (Lipinski definition) is 2. The Morgan fingerprint density at radius 3 is 2.38 bits per heavy atom. The van der Waals surface area contributed by atoms with Gasteiger partial charge in [-0.2, -0.15) is 13.2 Å². The number of benzene rings is 2. The van der Waals surface area contributed by atoms with E-state index in [2.05, 4.69) is 10.3 Å². The third-order valence-electron chi connectivity index (χ3n) is 4.30. The molecule has 1 amide bonds. The maximum absolute atomic E-state index is 12.6. The van der Waals surface area contributed by atoms with Crippen molar-refractivity contribution in [1.82, 2.24) is 4.98 Å². The molecule has 2 N–H and O–H groups in total. The molecule has 3 aromatic rings. The monoisotopic (exact) mass is 404 g/mol. The number of anilines is 1. The average Bonchev–Trinajstić information content (AvgIpc) is 3.00. The van der Waals surface area contributed by atoms with Crippen molar-refractivity contribution in [3.8, 4) is 5.75 Å². The molecule has 2 aromatic carbocycles. The molecule has 0 unspecified atom stereocenters. The molecule has 0 aliphatic rings. The largest absolute Gasteiger partial charge is 0.489 e. The SMILES string of the molecule is CC(C)(C)CC(=O)Nc1c[nH]c2ccc(OCc3ccc(C(F)(F)F)cc3)cc12. The number of ether oxygens (including phenoxy) is 1. The number of aromatic nitrogens is 1. The highest BCUT2D eigenvalue weighted by Gasteiger charge is 2.29. The number of fused-ring (bicyclic) bond motifs is 1. The molecular weight excluding hydrogens is 381 g/mol. The van der Waals surface area contributed by atoms with Crippen LogP contribution in [0, 0.1) is 5.41 Å². The van der Waals surface area contributed by atoms with E-state index < -0.39 is 11.7 Å². The lowest BCUT2D eigenvalue weighted by Crippen LogP contribution is -2.19. The highest BCUT2D eigenvalue weighted by molar-refractivity contribution is 6.02. The van der Waals surface area contributed by atoms with Gasteiger partial charge < -0.3 is 15.0 Å². The number of hydrogen-bond acceptors (Lipinski definition) is 2. The molecule has 4 nitrogen and oxygen atoms in total. The standard InChI is InChI=1S/C22H23F3N2O2/c1-21(2,3)11-20(28)27-19-12-26-18-9-8-16(10-17(18)19)29-13-14-4-6-15(7-5-14)22(23,24)25/h4-10,12,26H,11,13H2,1-3H3,(H,27,28). The summed E-state index contributed by atoms with van der Waals surface area (Å²) in [6, 6.07) is 10.3. The molecule has 0 spiro atoms. The van der Waals surface area contributed by atoms with Crippen molar-refractivity contribution in [1.29, 1.82) is 0 Å². The van der Waals surface area contributed by atoms with Crippen LogP contribution in [0.25, 0.3) is 10.9 Å². The van der Waals surface area contributed by atoms with Gasteiger partial charge in [0.25, 0.3) is 0 Å². The molecule has 0 fully saturated rings. The summed E-state index contributed by atoms with van der Waals surface area (Å²) in [5, 5.41) is 3.71. The number of aromatic amines is 1. The smallest absolute Gasteiger partial charge is 0.416 e. The third kappa shape index (κ3) is 5.53. The fraction of sp³-hybridized carbons (Fsp3) is 0.318. The number of H-pyrrole nitrogens is 1. The van der Waals surface area contributed by atoms with Gasteiger partial charge in [-0.15, -0.1) is 0 Å². The van der Waals surface area contributed by atoms with Gasteiger partial charge in [-0.05, 0) is 41.3 Å². The fourth-order valence-electron chi connectivity index (χ4n) is 2.93. The van der Waals surface area contributed by atoms with Crippen molar-refractivity contribution in [3.05, 3.63) is 59.8 Å². The van der Waals surface area contributed by atoms with Crippen LogP contribution in [0.5, 0.6) is 5.75 Å². The highest BCUT2D eigenvalue weighted by Crippen LogP contribution is 2.30. The van der Waals surface area contributed by atoms with Crippen LogP contribution in [0.15, 0.2) is 48.7 Å². The summed E-state index contributed by atoms with van der Waals surface area (Å²) in [7, 11) is 0. The van der Waals surface area contributed by atoms with Crippen LogP contribution in [0.2, 0.25) is 0 Å². The van der Waals surface area contributed by atoms with Gasteiger partial charge in [-0.1, -0.05) is 32.9 Å². The van der Waals surface area contributed by atoms with Gasteiger partial charge >= 0.3 is 6.18 Å². The Bertz CT molecular complexity index is 1000. The van der Waals surface area contributed by atoms with Crippen molar-refractivity contribution in [2.75, 3.05) is 5.32 Å². The minimum atomic E-state index is -4.35. The normalized spacial score (nSPS) is 12.2. The molecule has 7 heteroatoms. The minimum Gasteiger partial charge on any atom is -0.489 e. The molecule has 1 heterocycles. The van der Waals surface area contributed by atoms with Gasteiger partial charge in [0.05, 0.1) is 11.3 Å². The van der Waals surface area contributed by atoms with E-state index in [9.17, 15) is 18.0 Å². The third-order valence-corrected chi connectivity index (χ3v) is 4.30. The first kappa shape index (κ1) is 20.8. The van der Waals surface area contributed by atoms with E-state index in [-0.39, 0.29) is 17.9 Å². The van der Waals surface area contributed by atoms with Crippen molar-refractivity contribution < 1.29 is 22.7 Å². The first-order chi connectivity index (χ1) is 13.5. The minimum absolute atomic E-state index is 0.0746. The van der Waals surface area contributed by atoms with Crippen molar-refractivity contribution in [3.63, 3.8) is 0 Å². The van der Waals surface area contributed by atoms with Gasteiger partial charge in [0.2, 0.25) is 5.91 Å². The van der Waals surface area contributed by atoms with Gasteiger partial charge in [-0.25, -0.2) is 0 Å². The van der Waals surface area contributed by atoms with Crippen molar-refractivity contribution in [2.24, 2.45) is 5.41 Å². The molecule has 1 aromatic heterocycles. The molecule has 0 saturated heterocycles. The Kier molecular flexibility index (Phi) is 5.59. The zero-order chi connectivity index (χ0) is 21.2. The first-order valence-electron chi connectivity index (χ1n) is 9.21. The molecule has 0 radical (unpaired) electrons. The van der Waals surface area contributed by atoms with Crippen LogP contribution in [0.4, 0.5) is 18.9 Å². The molecule has 0 bridgehead atoms. The highest BCUT2D eigenvalue weighted by atomic mass is 19.4. The molecule has 0 atom stereocenters. The lowest BCUT2D eigenvalue weighted by atomic mass is 9.92. The Hall–Kier alpha value is -2.96. The molecular formula is C22H23F3N2O2.